The second-order valence-corrected chi connectivity index (χ2v) is 4.86. The minimum Gasteiger partial charge on any atom is -0.450 e. The molecule has 0 aromatic heterocycles. The normalized spacial score (nSPS) is 18.2. The molecule has 1 heterocycles. The molecular formula is C15H20N2O4. The molecule has 0 aliphatic carbocycles. The van der Waals surface area contributed by atoms with Crippen LogP contribution in [0.2, 0.25) is 0 Å². The Hall–Kier alpha value is -2.08. The van der Waals surface area contributed by atoms with Crippen LogP contribution in [0.1, 0.15) is 24.2 Å². The maximum atomic E-state index is 12.3. The highest BCUT2D eigenvalue weighted by Crippen LogP contribution is 2.14. The third-order valence-electron chi connectivity index (χ3n) is 3.18. The number of carbonyl (C=O) groups is 2. The molecule has 1 aromatic carbocycles. The summed E-state index contributed by atoms with van der Waals surface area (Å²) in [7, 11) is 0. The van der Waals surface area contributed by atoms with Crippen LogP contribution in [0.5, 0.6) is 0 Å². The predicted molar refractivity (Wildman–Crippen MR) is 78.4 cm³/mol. The summed E-state index contributed by atoms with van der Waals surface area (Å²) in [6.45, 7) is 5.77. The number of carbonyl (C=O) groups excluding carboxylic acids is 2. The van der Waals surface area contributed by atoms with Crippen LogP contribution < -0.4 is 5.32 Å². The molecule has 114 valence electrons. The second kappa shape index (κ2) is 7.08. The van der Waals surface area contributed by atoms with Crippen molar-refractivity contribution in [3.63, 3.8) is 0 Å². The smallest absolute Gasteiger partial charge is 0.411 e. The third kappa shape index (κ3) is 4.19. The molecule has 21 heavy (non-hydrogen) atoms. The Morgan fingerprint density at radius 2 is 2.10 bits per heavy atom. The highest BCUT2D eigenvalue weighted by Gasteiger charge is 2.22. The van der Waals surface area contributed by atoms with E-state index in [4.69, 9.17) is 9.47 Å². The van der Waals surface area contributed by atoms with Crippen molar-refractivity contribution >= 4 is 17.7 Å². The van der Waals surface area contributed by atoms with Crippen molar-refractivity contribution < 1.29 is 19.1 Å². The summed E-state index contributed by atoms with van der Waals surface area (Å²) in [5, 5.41) is 2.59. The predicted octanol–water partition coefficient (Wildman–Crippen LogP) is 2.12. The van der Waals surface area contributed by atoms with E-state index in [1.807, 2.05) is 6.92 Å². The number of morpholine rings is 1. The Labute approximate surface area is 124 Å². The largest absolute Gasteiger partial charge is 0.450 e. The average Bonchev–Trinajstić information content (AvgIpc) is 2.47. The van der Waals surface area contributed by atoms with E-state index in [9.17, 15) is 9.59 Å². The molecule has 6 heteroatoms. The number of hydrogen-bond acceptors (Lipinski definition) is 4. The van der Waals surface area contributed by atoms with Gasteiger partial charge in [-0.3, -0.25) is 10.1 Å². The van der Waals surface area contributed by atoms with E-state index < -0.39 is 6.09 Å². The lowest BCUT2D eigenvalue weighted by atomic mass is 10.1. The minimum absolute atomic E-state index is 0.0205. The van der Waals surface area contributed by atoms with E-state index in [1.54, 1.807) is 36.1 Å². The maximum absolute atomic E-state index is 12.3. The van der Waals surface area contributed by atoms with E-state index in [1.165, 1.54) is 0 Å². The SMILES string of the molecule is CCOC(=O)Nc1ccc(C(=O)N2CCO[C@@H](C)C2)cc1. The molecule has 1 fully saturated rings. The Morgan fingerprint density at radius 3 is 2.71 bits per heavy atom. The summed E-state index contributed by atoms with van der Waals surface area (Å²) in [4.78, 5) is 25.4. The number of nitrogens with one attached hydrogen (secondary N) is 1. The molecule has 0 spiro atoms. The van der Waals surface area contributed by atoms with Gasteiger partial charge in [-0.15, -0.1) is 0 Å². The summed E-state index contributed by atoms with van der Waals surface area (Å²) < 4.78 is 10.2. The molecule has 6 nitrogen and oxygen atoms in total. The van der Waals surface area contributed by atoms with E-state index in [0.717, 1.165) is 0 Å². The Kier molecular flexibility index (Phi) is 5.16. The number of benzene rings is 1. The van der Waals surface area contributed by atoms with E-state index in [0.29, 0.717) is 37.6 Å². The first-order valence-corrected chi connectivity index (χ1v) is 7.05. The number of nitrogens with zero attached hydrogens (tertiary/aromatic N) is 1. The van der Waals surface area contributed by atoms with Gasteiger partial charge < -0.3 is 14.4 Å². The highest BCUT2D eigenvalue weighted by molar-refractivity contribution is 5.95. The van der Waals surface area contributed by atoms with E-state index in [-0.39, 0.29) is 12.0 Å². The zero-order chi connectivity index (χ0) is 15.2. The molecule has 1 saturated heterocycles. The van der Waals surface area contributed by atoms with Gasteiger partial charge in [0.05, 0.1) is 19.3 Å². The van der Waals surface area contributed by atoms with E-state index >= 15 is 0 Å². The van der Waals surface area contributed by atoms with Crippen molar-refractivity contribution in [3.8, 4) is 0 Å². The summed E-state index contributed by atoms with van der Waals surface area (Å²) in [5.41, 5.74) is 1.19. The summed E-state index contributed by atoms with van der Waals surface area (Å²) in [5.74, 6) is -0.0205. The van der Waals surface area contributed by atoms with Gasteiger partial charge in [0.1, 0.15) is 0 Å². The molecule has 1 aliphatic rings. The standard InChI is InChI=1S/C15H20N2O4/c1-3-20-15(19)16-13-6-4-12(5-7-13)14(18)17-8-9-21-11(2)10-17/h4-7,11H,3,8-10H2,1-2H3,(H,16,19)/t11-/m0/s1. The summed E-state index contributed by atoms with van der Waals surface area (Å²) in [6.07, 6.45) is -0.439. The molecule has 2 amide bonds. The minimum atomic E-state index is -0.501. The molecular weight excluding hydrogens is 272 g/mol. The molecule has 0 saturated carbocycles. The first-order valence-electron chi connectivity index (χ1n) is 7.05. The van der Waals surface area contributed by atoms with Crippen molar-refractivity contribution in [2.24, 2.45) is 0 Å². The molecule has 1 aliphatic heterocycles. The van der Waals surface area contributed by atoms with Crippen LogP contribution in [0.4, 0.5) is 10.5 Å². The summed E-state index contributed by atoms with van der Waals surface area (Å²) >= 11 is 0. The number of rotatable bonds is 3. The van der Waals surface area contributed by atoms with Crippen molar-refractivity contribution in [1.82, 2.24) is 4.90 Å². The fraction of sp³-hybridized carbons (Fsp3) is 0.467. The quantitative estimate of drug-likeness (QED) is 0.926. The van der Waals surface area contributed by atoms with Gasteiger partial charge in [0.15, 0.2) is 0 Å². The first-order chi connectivity index (χ1) is 10.1. The number of anilines is 1. The van der Waals surface area contributed by atoms with Gasteiger partial charge in [0.2, 0.25) is 0 Å². The monoisotopic (exact) mass is 292 g/mol. The first kappa shape index (κ1) is 15.3. The summed E-state index contributed by atoms with van der Waals surface area (Å²) in [6, 6.07) is 6.77. The van der Waals surface area contributed by atoms with Gasteiger partial charge in [0.25, 0.3) is 5.91 Å². The maximum Gasteiger partial charge on any atom is 0.411 e. The number of ether oxygens (including phenoxy) is 2. The third-order valence-corrected chi connectivity index (χ3v) is 3.18. The lowest BCUT2D eigenvalue weighted by Gasteiger charge is -2.31. The lowest BCUT2D eigenvalue weighted by molar-refractivity contribution is -0.0124. The second-order valence-electron chi connectivity index (χ2n) is 4.86. The van der Waals surface area contributed by atoms with Crippen LogP contribution in [0.3, 0.4) is 0 Å². The Balaban J connectivity index is 1.98. The average molecular weight is 292 g/mol. The van der Waals surface area contributed by atoms with Gasteiger partial charge in [0, 0.05) is 24.3 Å². The topological polar surface area (TPSA) is 67.9 Å². The number of amides is 2. The van der Waals surface area contributed by atoms with Gasteiger partial charge in [-0.1, -0.05) is 0 Å². The van der Waals surface area contributed by atoms with Crippen LogP contribution in [0.15, 0.2) is 24.3 Å². The zero-order valence-corrected chi connectivity index (χ0v) is 12.3. The molecule has 1 N–H and O–H groups in total. The van der Waals surface area contributed by atoms with Crippen molar-refractivity contribution in [3.05, 3.63) is 29.8 Å². The molecule has 1 atom stereocenters. The van der Waals surface area contributed by atoms with Crippen molar-refractivity contribution in [2.75, 3.05) is 31.6 Å². The van der Waals surface area contributed by atoms with E-state index in [2.05, 4.69) is 5.32 Å². The van der Waals surface area contributed by atoms with Crippen LogP contribution in [0, 0.1) is 0 Å². The molecule has 0 unspecified atom stereocenters. The molecule has 0 radical (unpaired) electrons. The van der Waals surface area contributed by atoms with Crippen molar-refractivity contribution in [2.45, 2.75) is 20.0 Å². The van der Waals surface area contributed by atoms with Crippen molar-refractivity contribution in [1.29, 1.82) is 0 Å². The van der Waals surface area contributed by atoms with Crippen LogP contribution in [-0.2, 0) is 9.47 Å². The van der Waals surface area contributed by atoms with Crippen LogP contribution in [0.25, 0.3) is 0 Å². The zero-order valence-electron chi connectivity index (χ0n) is 12.3. The molecule has 1 aromatic rings. The Morgan fingerprint density at radius 1 is 1.38 bits per heavy atom. The van der Waals surface area contributed by atoms with Gasteiger partial charge in [-0.25, -0.2) is 4.79 Å². The van der Waals surface area contributed by atoms with Crippen LogP contribution in [-0.4, -0.2) is 49.3 Å². The van der Waals surface area contributed by atoms with Crippen LogP contribution >= 0.6 is 0 Å². The number of hydrogen-bond donors (Lipinski definition) is 1. The fourth-order valence-electron chi connectivity index (χ4n) is 2.17. The lowest BCUT2D eigenvalue weighted by Crippen LogP contribution is -2.44. The Bertz CT molecular complexity index is 501. The fourth-order valence-corrected chi connectivity index (χ4v) is 2.17. The van der Waals surface area contributed by atoms with Gasteiger partial charge in [-0.05, 0) is 38.1 Å². The van der Waals surface area contributed by atoms with Gasteiger partial charge >= 0.3 is 6.09 Å². The van der Waals surface area contributed by atoms with Gasteiger partial charge in [-0.2, -0.15) is 0 Å². The molecule has 0 bridgehead atoms. The highest BCUT2D eigenvalue weighted by atomic mass is 16.5. The molecule has 2 rings (SSSR count).